The lowest BCUT2D eigenvalue weighted by atomic mass is 10.2. The predicted octanol–water partition coefficient (Wildman–Crippen LogP) is 4.65. The Hall–Kier alpha value is -1.40. The molecular formula is C18H18Cl2FN3S. The van der Waals surface area contributed by atoms with E-state index in [4.69, 9.17) is 35.4 Å². The summed E-state index contributed by atoms with van der Waals surface area (Å²) in [7, 11) is 0. The van der Waals surface area contributed by atoms with Gasteiger partial charge in [-0.1, -0.05) is 35.3 Å². The molecule has 0 unspecified atom stereocenters. The van der Waals surface area contributed by atoms with Gasteiger partial charge in [-0.3, -0.25) is 4.90 Å². The van der Waals surface area contributed by atoms with E-state index in [1.54, 1.807) is 18.2 Å². The number of piperazine rings is 1. The molecule has 0 aromatic heterocycles. The molecule has 1 aliphatic heterocycles. The molecule has 1 aliphatic rings. The minimum atomic E-state index is -0.280. The van der Waals surface area contributed by atoms with Gasteiger partial charge in [0.05, 0.1) is 0 Å². The Balaban J connectivity index is 1.52. The molecule has 2 aromatic rings. The SMILES string of the molecule is Fc1cccc(NC(=S)N2CCN(Cc3ccc(Cl)cc3Cl)CC2)c1. The van der Waals surface area contributed by atoms with Crippen molar-refractivity contribution in [2.45, 2.75) is 6.54 Å². The fraction of sp³-hybridized carbons (Fsp3) is 0.278. The molecule has 1 heterocycles. The lowest BCUT2D eigenvalue weighted by Crippen LogP contribution is -2.49. The summed E-state index contributed by atoms with van der Waals surface area (Å²) < 4.78 is 13.3. The first-order valence-electron chi connectivity index (χ1n) is 7.99. The molecule has 3 rings (SSSR count). The predicted molar refractivity (Wildman–Crippen MR) is 106 cm³/mol. The van der Waals surface area contributed by atoms with Crippen LogP contribution in [0.2, 0.25) is 10.0 Å². The molecule has 0 bridgehead atoms. The second-order valence-corrected chi connectivity index (χ2v) is 7.17. The lowest BCUT2D eigenvalue weighted by Gasteiger charge is -2.36. The van der Waals surface area contributed by atoms with Gasteiger partial charge in [0.1, 0.15) is 5.82 Å². The van der Waals surface area contributed by atoms with Crippen LogP contribution in [0.3, 0.4) is 0 Å². The molecule has 7 heteroatoms. The Morgan fingerprint density at radius 3 is 2.52 bits per heavy atom. The van der Waals surface area contributed by atoms with Gasteiger partial charge in [-0.2, -0.15) is 0 Å². The van der Waals surface area contributed by atoms with Crippen LogP contribution in [0.1, 0.15) is 5.56 Å². The van der Waals surface area contributed by atoms with Crippen LogP contribution >= 0.6 is 35.4 Å². The number of hydrogen-bond acceptors (Lipinski definition) is 2. The van der Waals surface area contributed by atoms with Crippen LogP contribution in [0.15, 0.2) is 42.5 Å². The van der Waals surface area contributed by atoms with E-state index in [0.717, 1.165) is 38.3 Å². The average molecular weight is 398 g/mol. The molecular weight excluding hydrogens is 380 g/mol. The van der Waals surface area contributed by atoms with E-state index in [9.17, 15) is 4.39 Å². The molecule has 1 N–H and O–H groups in total. The van der Waals surface area contributed by atoms with Crippen molar-refractivity contribution in [1.82, 2.24) is 9.80 Å². The number of nitrogens with zero attached hydrogens (tertiary/aromatic N) is 2. The molecule has 3 nitrogen and oxygen atoms in total. The Morgan fingerprint density at radius 2 is 1.84 bits per heavy atom. The van der Waals surface area contributed by atoms with Crippen molar-refractivity contribution in [3.8, 4) is 0 Å². The number of hydrogen-bond donors (Lipinski definition) is 1. The topological polar surface area (TPSA) is 18.5 Å². The molecule has 0 spiro atoms. The number of anilines is 1. The van der Waals surface area contributed by atoms with Crippen LogP contribution < -0.4 is 5.32 Å². The maximum absolute atomic E-state index is 13.3. The van der Waals surface area contributed by atoms with Gasteiger partial charge >= 0.3 is 0 Å². The van der Waals surface area contributed by atoms with Gasteiger partial charge in [0, 0.05) is 48.5 Å². The second-order valence-electron chi connectivity index (χ2n) is 5.94. The van der Waals surface area contributed by atoms with Crippen molar-refractivity contribution in [3.05, 3.63) is 63.9 Å². The molecule has 0 atom stereocenters. The third kappa shape index (κ3) is 5.05. The molecule has 1 fully saturated rings. The molecule has 0 amide bonds. The van der Waals surface area contributed by atoms with Crippen molar-refractivity contribution < 1.29 is 4.39 Å². The van der Waals surface area contributed by atoms with Crippen LogP contribution in [0.25, 0.3) is 0 Å². The summed E-state index contributed by atoms with van der Waals surface area (Å²) in [5.41, 5.74) is 1.74. The Bertz CT molecular complexity index is 764. The third-order valence-corrected chi connectivity index (χ3v) is 5.09. The number of benzene rings is 2. The van der Waals surface area contributed by atoms with Crippen molar-refractivity contribution >= 4 is 46.2 Å². The molecule has 0 aliphatic carbocycles. The van der Waals surface area contributed by atoms with Crippen LogP contribution in [-0.4, -0.2) is 41.1 Å². The Kier molecular flexibility index (Phi) is 6.12. The smallest absolute Gasteiger partial charge is 0.173 e. The normalized spacial score (nSPS) is 15.2. The van der Waals surface area contributed by atoms with E-state index < -0.39 is 0 Å². The van der Waals surface area contributed by atoms with Gasteiger partial charge in [0.15, 0.2) is 5.11 Å². The van der Waals surface area contributed by atoms with E-state index in [0.29, 0.717) is 20.8 Å². The minimum absolute atomic E-state index is 0.280. The monoisotopic (exact) mass is 397 g/mol. The van der Waals surface area contributed by atoms with Crippen molar-refractivity contribution in [1.29, 1.82) is 0 Å². The maximum Gasteiger partial charge on any atom is 0.173 e. The van der Waals surface area contributed by atoms with Gasteiger partial charge < -0.3 is 10.2 Å². The Labute approximate surface area is 162 Å². The fourth-order valence-corrected chi connectivity index (χ4v) is 3.54. The van der Waals surface area contributed by atoms with E-state index in [2.05, 4.69) is 15.1 Å². The first-order chi connectivity index (χ1) is 12.0. The number of thiocarbonyl (C=S) groups is 1. The zero-order valence-electron chi connectivity index (χ0n) is 13.5. The summed E-state index contributed by atoms with van der Waals surface area (Å²) in [4.78, 5) is 4.43. The van der Waals surface area contributed by atoms with E-state index in [1.807, 2.05) is 12.1 Å². The largest absolute Gasteiger partial charge is 0.346 e. The van der Waals surface area contributed by atoms with E-state index >= 15 is 0 Å². The van der Waals surface area contributed by atoms with Gasteiger partial charge in [-0.25, -0.2) is 4.39 Å². The summed E-state index contributed by atoms with van der Waals surface area (Å²) in [6, 6.07) is 11.9. The lowest BCUT2D eigenvalue weighted by molar-refractivity contribution is 0.177. The van der Waals surface area contributed by atoms with Gasteiger partial charge in [0.2, 0.25) is 0 Å². The summed E-state index contributed by atoms with van der Waals surface area (Å²) in [6.45, 7) is 4.17. The molecule has 1 saturated heterocycles. The van der Waals surface area contributed by atoms with Crippen molar-refractivity contribution in [2.75, 3.05) is 31.5 Å². The highest BCUT2D eigenvalue weighted by molar-refractivity contribution is 7.80. The summed E-state index contributed by atoms with van der Waals surface area (Å²) in [5.74, 6) is -0.280. The molecule has 0 radical (unpaired) electrons. The van der Waals surface area contributed by atoms with Gasteiger partial charge in [-0.05, 0) is 48.1 Å². The minimum Gasteiger partial charge on any atom is -0.346 e. The summed E-state index contributed by atoms with van der Waals surface area (Å²) >= 11 is 17.6. The van der Waals surface area contributed by atoms with Gasteiger partial charge in [-0.15, -0.1) is 0 Å². The van der Waals surface area contributed by atoms with Crippen molar-refractivity contribution in [2.24, 2.45) is 0 Å². The highest BCUT2D eigenvalue weighted by atomic mass is 35.5. The zero-order chi connectivity index (χ0) is 17.8. The second kappa shape index (κ2) is 8.32. The van der Waals surface area contributed by atoms with Crippen LogP contribution in [0.4, 0.5) is 10.1 Å². The average Bonchev–Trinajstić information content (AvgIpc) is 2.58. The first kappa shape index (κ1) is 18.4. The van der Waals surface area contributed by atoms with Crippen LogP contribution in [-0.2, 0) is 6.54 Å². The number of nitrogens with one attached hydrogen (secondary N) is 1. The summed E-state index contributed by atoms with van der Waals surface area (Å²) in [5, 5.41) is 5.05. The molecule has 25 heavy (non-hydrogen) atoms. The van der Waals surface area contributed by atoms with Gasteiger partial charge in [0.25, 0.3) is 0 Å². The highest BCUT2D eigenvalue weighted by Crippen LogP contribution is 2.23. The van der Waals surface area contributed by atoms with E-state index in [-0.39, 0.29) is 5.82 Å². The third-order valence-electron chi connectivity index (χ3n) is 4.14. The fourth-order valence-electron chi connectivity index (χ4n) is 2.77. The van der Waals surface area contributed by atoms with Crippen LogP contribution in [0, 0.1) is 5.82 Å². The standard InChI is InChI=1S/C18H18Cl2FN3S/c19-14-5-4-13(17(20)10-14)12-23-6-8-24(9-7-23)18(25)22-16-3-1-2-15(21)11-16/h1-5,10-11H,6-9,12H2,(H,22,25). The van der Waals surface area contributed by atoms with Crippen molar-refractivity contribution in [3.63, 3.8) is 0 Å². The number of halogens is 3. The molecule has 132 valence electrons. The van der Waals surface area contributed by atoms with Crippen LogP contribution in [0.5, 0.6) is 0 Å². The maximum atomic E-state index is 13.3. The number of rotatable bonds is 3. The molecule has 0 saturated carbocycles. The Morgan fingerprint density at radius 1 is 1.08 bits per heavy atom. The zero-order valence-corrected chi connectivity index (χ0v) is 15.8. The molecule has 2 aromatic carbocycles. The highest BCUT2D eigenvalue weighted by Gasteiger charge is 2.19. The first-order valence-corrected chi connectivity index (χ1v) is 9.15. The quantitative estimate of drug-likeness (QED) is 0.759. The van der Waals surface area contributed by atoms with E-state index in [1.165, 1.54) is 12.1 Å². The summed E-state index contributed by atoms with van der Waals surface area (Å²) in [6.07, 6.45) is 0.